The summed E-state index contributed by atoms with van der Waals surface area (Å²) in [6, 6.07) is 8.20. The van der Waals surface area contributed by atoms with E-state index >= 15 is 0 Å². The molecule has 2 atom stereocenters. The molecule has 0 bridgehead atoms. The zero-order valence-electron chi connectivity index (χ0n) is 9.00. The van der Waals surface area contributed by atoms with Crippen LogP contribution in [-0.4, -0.2) is 12.1 Å². The van der Waals surface area contributed by atoms with Gasteiger partial charge in [0.05, 0.1) is 12.0 Å². The molecule has 1 saturated heterocycles. The van der Waals surface area contributed by atoms with Crippen LogP contribution in [0.1, 0.15) is 24.4 Å². The monoisotopic (exact) mass is 243 g/mol. The van der Waals surface area contributed by atoms with E-state index in [4.69, 9.17) is 0 Å². The Balaban J connectivity index is 2.17. The van der Waals surface area contributed by atoms with Crippen molar-refractivity contribution in [1.82, 2.24) is 5.32 Å². The minimum Gasteiger partial charge on any atom is -0.349 e. The number of rotatable bonds is 1. The van der Waals surface area contributed by atoms with Crippen LogP contribution in [0.4, 0.5) is 13.2 Å². The number of halogens is 3. The third-order valence-electron chi connectivity index (χ3n) is 2.95. The molecule has 1 aliphatic heterocycles. The van der Waals surface area contributed by atoms with Crippen molar-refractivity contribution < 1.29 is 18.0 Å². The first-order chi connectivity index (χ1) is 7.97. The van der Waals surface area contributed by atoms with Crippen molar-refractivity contribution >= 4 is 5.91 Å². The molecule has 5 heteroatoms. The van der Waals surface area contributed by atoms with E-state index < -0.39 is 30.5 Å². The number of piperidine rings is 1. The quantitative estimate of drug-likeness (QED) is 0.807. The van der Waals surface area contributed by atoms with E-state index in [0.29, 0.717) is 0 Å². The summed E-state index contributed by atoms with van der Waals surface area (Å²) in [6.45, 7) is 0. The van der Waals surface area contributed by atoms with Gasteiger partial charge in [-0.2, -0.15) is 13.2 Å². The van der Waals surface area contributed by atoms with Crippen LogP contribution in [0.25, 0.3) is 0 Å². The molecule has 0 aliphatic carbocycles. The number of alkyl halides is 3. The Morgan fingerprint density at radius 1 is 1.18 bits per heavy atom. The second kappa shape index (κ2) is 4.39. The number of benzene rings is 1. The summed E-state index contributed by atoms with van der Waals surface area (Å²) < 4.78 is 37.9. The predicted molar refractivity (Wildman–Crippen MR) is 56.1 cm³/mol. The minimum absolute atomic E-state index is 0.0841. The van der Waals surface area contributed by atoms with Crippen LogP contribution >= 0.6 is 0 Å². The van der Waals surface area contributed by atoms with Crippen LogP contribution in [0.15, 0.2) is 30.3 Å². The van der Waals surface area contributed by atoms with Gasteiger partial charge in [0.25, 0.3) is 0 Å². The summed E-state index contributed by atoms with van der Waals surface area (Å²) >= 11 is 0. The number of amides is 1. The third kappa shape index (κ3) is 2.78. The van der Waals surface area contributed by atoms with Crippen LogP contribution in [0.2, 0.25) is 0 Å². The van der Waals surface area contributed by atoms with E-state index in [1.165, 1.54) is 0 Å². The highest BCUT2D eigenvalue weighted by molar-refractivity contribution is 5.77. The summed E-state index contributed by atoms with van der Waals surface area (Å²) in [6.07, 6.45) is -4.85. The van der Waals surface area contributed by atoms with E-state index in [1.807, 2.05) is 0 Å². The zero-order valence-corrected chi connectivity index (χ0v) is 9.00. The van der Waals surface area contributed by atoms with Gasteiger partial charge in [-0.1, -0.05) is 30.3 Å². The molecule has 0 radical (unpaired) electrons. The van der Waals surface area contributed by atoms with Gasteiger partial charge in [0, 0.05) is 6.42 Å². The average Bonchev–Trinajstić information content (AvgIpc) is 2.28. The maximum atomic E-state index is 12.6. The van der Waals surface area contributed by atoms with Crippen molar-refractivity contribution in [3.8, 4) is 0 Å². The molecule has 2 nitrogen and oxygen atoms in total. The van der Waals surface area contributed by atoms with Gasteiger partial charge in [-0.05, 0) is 12.0 Å². The van der Waals surface area contributed by atoms with Gasteiger partial charge in [-0.25, -0.2) is 0 Å². The lowest BCUT2D eigenvalue weighted by atomic mass is 9.88. The third-order valence-corrected chi connectivity index (χ3v) is 2.95. The number of carbonyl (C=O) groups is 1. The normalized spacial score (nSPS) is 25.5. The molecular formula is C12H12F3NO. The highest BCUT2D eigenvalue weighted by Crippen LogP contribution is 2.38. The van der Waals surface area contributed by atoms with Gasteiger partial charge in [-0.15, -0.1) is 0 Å². The molecule has 1 aromatic rings. The standard InChI is InChI=1S/C12H12F3NO/c13-12(14,15)9-6-10(16-11(17)7-9)8-4-2-1-3-5-8/h1-5,9-10H,6-7H2,(H,16,17)/t9-,10+/m0/s1. The lowest BCUT2D eigenvalue weighted by molar-refractivity contribution is -0.186. The molecule has 1 fully saturated rings. The van der Waals surface area contributed by atoms with Gasteiger partial charge in [0.2, 0.25) is 5.91 Å². The fourth-order valence-electron chi connectivity index (χ4n) is 2.06. The van der Waals surface area contributed by atoms with Crippen LogP contribution in [0.5, 0.6) is 0 Å². The van der Waals surface area contributed by atoms with Crippen molar-refractivity contribution in [2.75, 3.05) is 0 Å². The molecule has 17 heavy (non-hydrogen) atoms. The van der Waals surface area contributed by atoms with Gasteiger partial charge in [0.15, 0.2) is 0 Å². The number of nitrogens with one attached hydrogen (secondary N) is 1. The van der Waals surface area contributed by atoms with E-state index in [0.717, 1.165) is 5.56 Å². The molecule has 0 aromatic heterocycles. The predicted octanol–water partition coefficient (Wildman–Crippen LogP) is 2.82. The fourth-order valence-corrected chi connectivity index (χ4v) is 2.06. The Kier molecular flexibility index (Phi) is 3.09. The van der Waals surface area contributed by atoms with Crippen LogP contribution in [0, 0.1) is 5.92 Å². The van der Waals surface area contributed by atoms with Gasteiger partial charge >= 0.3 is 6.18 Å². The van der Waals surface area contributed by atoms with E-state index in [1.54, 1.807) is 30.3 Å². The summed E-state index contributed by atoms with van der Waals surface area (Å²) in [5, 5.41) is 2.60. The molecule has 92 valence electrons. The summed E-state index contributed by atoms with van der Waals surface area (Å²) in [5.41, 5.74) is 0.717. The van der Waals surface area contributed by atoms with Crippen molar-refractivity contribution in [1.29, 1.82) is 0 Å². The molecule has 1 amide bonds. The van der Waals surface area contributed by atoms with Gasteiger partial charge < -0.3 is 5.32 Å². The Bertz CT molecular complexity index is 402. The maximum Gasteiger partial charge on any atom is 0.392 e. The first-order valence-electron chi connectivity index (χ1n) is 5.38. The molecule has 1 aromatic carbocycles. The van der Waals surface area contributed by atoms with Gasteiger partial charge in [0.1, 0.15) is 0 Å². The van der Waals surface area contributed by atoms with Crippen LogP contribution in [0.3, 0.4) is 0 Å². The molecular weight excluding hydrogens is 231 g/mol. The highest BCUT2D eigenvalue weighted by atomic mass is 19.4. The fraction of sp³-hybridized carbons (Fsp3) is 0.417. The number of hydrogen-bond donors (Lipinski definition) is 1. The van der Waals surface area contributed by atoms with Crippen molar-refractivity contribution in [2.45, 2.75) is 25.1 Å². The van der Waals surface area contributed by atoms with E-state index in [2.05, 4.69) is 5.32 Å². The van der Waals surface area contributed by atoms with Gasteiger partial charge in [-0.3, -0.25) is 4.79 Å². The largest absolute Gasteiger partial charge is 0.392 e. The van der Waals surface area contributed by atoms with Crippen molar-refractivity contribution in [3.63, 3.8) is 0 Å². The summed E-state index contributed by atoms with van der Waals surface area (Å²) in [4.78, 5) is 11.3. The minimum atomic E-state index is -4.30. The van der Waals surface area contributed by atoms with E-state index in [9.17, 15) is 18.0 Å². The second-order valence-corrected chi connectivity index (χ2v) is 4.21. The van der Waals surface area contributed by atoms with Crippen LogP contribution < -0.4 is 5.32 Å². The zero-order chi connectivity index (χ0) is 12.5. The Labute approximate surface area is 96.8 Å². The molecule has 0 saturated carbocycles. The number of carbonyl (C=O) groups excluding carboxylic acids is 1. The lowest BCUT2D eigenvalue weighted by Crippen LogP contribution is -2.41. The summed E-state index contributed by atoms with van der Waals surface area (Å²) in [7, 11) is 0. The highest BCUT2D eigenvalue weighted by Gasteiger charge is 2.44. The Morgan fingerprint density at radius 2 is 1.82 bits per heavy atom. The van der Waals surface area contributed by atoms with Crippen molar-refractivity contribution in [3.05, 3.63) is 35.9 Å². The maximum absolute atomic E-state index is 12.6. The molecule has 1 N–H and O–H groups in total. The molecule has 1 heterocycles. The Morgan fingerprint density at radius 3 is 2.41 bits per heavy atom. The number of hydrogen-bond acceptors (Lipinski definition) is 1. The molecule has 2 rings (SSSR count). The van der Waals surface area contributed by atoms with Crippen LogP contribution in [-0.2, 0) is 4.79 Å². The first-order valence-corrected chi connectivity index (χ1v) is 5.38. The topological polar surface area (TPSA) is 29.1 Å². The van der Waals surface area contributed by atoms with Crippen molar-refractivity contribution in [2.24, 2.45) is 5.92 Å². The molecule has 0 spiro atoms. The first kappa shape index (κ1) is 12.0. The Hall–Kier alpha value is -1.52. The second-order valence-electron chi connectivity index (χ2n) is 4.21. The molecule has 0 unspecified atom stereocenters. The average molecular weight is 243 g/mol. The lowest BCUT2D eigenvalue weighted by Gasteiger charge is -2.31. The van der Waals surface area contributed by atoms with E-state index in [-0.39, 0.29) is 6.42 Å². The summed E-state index contributed by atoms with van der Waals surface area (Å²) in [5.74, 6) is -2.08. The molecule has 1 aliphatic rings. The smallest absolute Gasteiger partial charge is 0.349 e. The SMILES string of the molecule is O=C1C[C@@H](C(F)(F)F)C[C@H](c2ccccc2)N1.